The zero-order valence-corrected chi connectivity index (χ0v) is 10.3. The highest BCUT2D eigenvalue weighted by Crippen LogP contribution is 2.28. The van der Waals surface area contributed by atoms with Gasteiger partial charge >= 0.3 is 0 Å². The molecule has 1 heterocycles. The third-order valence-electron chi connectivity index (χ3n) is 2.99. The molecule has 1 aromatic carbocycles. The van der Waals surface area contributed by atoms with Gasteiger partial charge in [-0.1, -0.05) is 25.4 Å². The fourth-order valence-corrected chi connectivity index (χ4v) is 2.29. The van der Waals surface area contributed by atoms with Crippen LogP contribution in [0.4, 0.5) is 5.95 Å². The zero-order valence-electron chi connectivity index (χ0n) is 9.57. The summed E-state index contributed by atoms with van der Waals surface area (Å²) in [6.45, 7) is 4.31. The van der Waals surface area contributed by atoms with Crippen molar-refractivity contribution in [1.82, 2.24) is 9.55 Å². The summed E-state index contributed by atoms with van der Waals surface area (Å²) in [5.74, 6) is 0.575. The molecule has 1 aromatic heterocycles. The maximum atomic E-state index is 6.01. The highest BCUT2D eigenvalue weighted by molar-refractivity contribution is 6.31. The summed E-state index contributed by atoms with van der Waals surface area (Å²) in [6, 6.07) is 6.07. The molecule has 0 fully saturated rings. The van der Waals surface area contributed by atoms with Crippen LogP contribution in [0.3, 0.4) is 0 Å². The van der Waals surface area contributed by atoms with Crippen LogP contribution in [0.15, 0.2) is 18.2 Å². The van der Waals surface area contributed by atoms with E-state index in [0.29, 0.717) is 12.0 Å². The van der Waals surface area contributed by atoms with Crippen molar-refractivity contribution < 1.29 is 0 Å². The van der Waals surface area contributed by atoms with Crippen LogP contribution in [0.1, 0.15) is 32.7 Å². The van der Waals surface area contributed by atoms with Crippen LogP contribution in [-0.4, -0.2) is 9.55 Å². The lowest BCUT2D eigenvalue weighted by Crippen LogP contribution is -2.10. The molecule has 0 aliphatic rings. The summed E-state index contributed by atoms with van der Waals surface area (Å²) < 4.78 is 2.08. The van der Waals surface area contributed by atoms with Gasteiger partial charge in [-0.25, -0.2) is 4.98 Å². The second-order valence-electron chi connectivity index (χ2n) is 3.94. The van der Waals surface area contributed by atoms with E-state index in [1.54, 1.807) is 0 Å². The first-order valence-electron chi connectivity index (χ1n) is 5.60. The van der Waals surface area contributed by atoms with E-state index in [9.17, 15) is 0 Å². The van der Waals surface area contributed by atoms with Crippen LogP contribution in [0.2, 0.25) is 5.02 Å². The third kappa shape index (κ3) is 1.76. The van der Waals surface area contributed by atoms with Crippen molar-refractivity contribution in [3.8, 4) is 0 Å². The van der Waals surface area contributed by atoms with E-state index in [1.165, 1.54) is 0 Å². The number of anilines is 1. The Labute approximate surface area is 100 Å². The second-order valence-corrected chi connectivity index (χ2v) is 4.38. The van der Waals surface area contributed by atoms with Gasteiger partial charge in [0.1, 0.15) is 0 Å². The van der Waals surface area contributed by atoms with Gasteiger partial charge in [-0.15, -0.1) is 0 Å². The standard InChI is InChI=1S/C12H16ClN3/c1-3-9(4-2)16-11-7-8(13)5-6-10(11)15-12(16)14/h5-7,9H,3-4H2,1-2H3,(H2,14,15). The van der Waals surface area contributed by atoms with Gasteiger partial charge in [-0.2, -0.15) is 0 Å². The highest BCUT2D eigenvalue weighted by atomic mass is 35.5. The molecular formula is C12H16ClN3. The number of benzene rings is 1. The highest BCUT2D eigenvalue weighted by Gasteiger charge is 2.14. The molecule has 0 radical (unpaired) electrons. The van der Waals surface area contributed by atoms with Gasteiger partial charge in [-0.05, 0) is 31.0 Å². The van der Waals surface area contributed by atoms with E-state index in [4.69, 9.17) is 17.3 Å². The molecule has 2 aromatic rings. The molecule has 0 saturated heterocycles. The van der Waals surface area contributed by atoms with Crippen molar-refractivity contribution in [3.05, 3.63) is 23.2 Å². The van der Waals surface area contributed by atoms with Gasteiger partial charge in [0.2, 0.25) is 5.95 Å². The Bertz CT molecular complexity index is 500. The number of rotatable bonds is 3. The Kier molecular flexibility index (Phi) is 3.06. The molecule has 0 aliphatic heterocycles. The summed E-state index contributed by atoms with van der Waals surface area (Å²) >= 11 is 6.01. The van der Waals surface area contributed by atoms with Gasteiger partial charge in [0, 0.05) is 11.1 Å². The Morgan fingerprint density at radius 3 is 2.69 bits per heavy atom. The van der Waals surface area contributed by atoms with Crippen molar-refractivity contribution in [3.63, 3.8) is 0 Å². The summed E-state index contributed by atoms with van der Waals surface area (Å²) in [5, 5.41) is 0.722. The van der Waals surface area contributed by atoms with Crippen molar-refractivity contribution >= 4 is 28.6 Å². The molecule has 0 spiro atoms. The molecule has 86 valence electrons. The second kappa shape index (κ2) is 4.34. The van der Waals surface area contributed by atoms with Gasteiger partial charge in [0.05, 0.1) is 11.0 Å². The van der Waals surface area contributed by atoms with Gasteiger partial charge < -0.3 is 10.3 Å². The Hall–Kier alpha value is -1.22. The molecule has 0 atom stereocenters. The summed E-state index contributed by atoms with van der Waals surface area (Å²) in [4.78, 5) is 4.35. The van der Waals surface area contributed by atoms with Crippen molar-refractivity contribution in [2.24, 2.45) is 0 Å². The van der Waals surface area contributed by atoms with Crippen LogP contribution in [0, 0.1) is 0 Å². The van der Waals surface area contributed by atoms with Gasteiger partial charge in [0.25, 0.3) is 0 Å². The summed E-state index contributed by atoms with van der Waals surface area (Å²) in [7, 11) is 0. The lowest BCUT2D eigenvalue weighted by molar-refractivity contribution is 0.489. The number of imidazole rings is 1. The molecular weight excluding hydrogens is 222 g/mol. The Morgan fingerprint density at radius 2 is 2.06 bits per heavy atom. The molecule has 2 rings (SSSR count). The number of aromatic nitrogens is 2. The topological polar surface area (TPSA) is 43.8 Å². The summed E-state index contributed by atoms with van der Waals surface area (Å²) in [6.07, 6.45) is 2.08. The summed E-state index contributed by atoms with van der Waals surface area (Å²) in [5.41, 5.74) is 7.90. The molecule has 3 nitrogen and oxygen atoms in total. The normalized spacial score (nSPS) is 11.5. The van der Waals surface area contributed by atoms with E-state index >= 15 is 0 Å². The maximum Gasteiger partial charge on any atom is 0.201 e. The van der Waals surface area contributed by atoms with Gasteiger partial charge in [0.15, 0.2) is 0 Å². The number of hydrogen-bond donors (Lipinski definition) is 1. The zero-order chi connectivity index (χ0) is 11.7. The number of nitrogens with two attached hydrogens (primary N) is 1. The van der Waals surface area contributed by atoms with Crippen LogP contribution < -0.4 is 5.73 Å². The number of halogens is 1. The van der Waals surface area contributed by atoms with E-state index in [-0.39, 0.29) is 0 Å². The maximum absolute atomic E-state index is 6.01. The SMILES string of the molecule is CCC(CC)n1c(N)nc2ccc(Cl)cc21. The van der Waals surface area contributed by atoms with Crippen molar-refractivity contribution in [2.45, 2.75) is 32.7 Å². The van der Waals surface area contributed by atoms with E-state index in [2.05, 4.69) is 23.4 Å². The Balaban J connectivity index is 2.66. The predicted octanol–water partition coefficient (Wildman–Crippen LogP) is 3.63. The molecule has 2 N–H and O–H groups in total. The van der Waals surface area contributed by atoms with Crippen LogP contribution in [0.5, 0.6) is 0 Å². The van der Waals surface area contributed by atoms with Crippen LogP contribution in [-0.2, 0) is 0 Å². The van der Waals surface area contributed by atoms with Crippen molar-refractivity contribution in [1.29, 1.82) is 0 Å². The average Bonchev–Trinajstić information content (AvgIpc) is 2.58. The Morgan fingerprint density at radius 1 is 1.38 bits per heavy atom. The first kappa shape index (κ1) is 11.3. The van der Waals surface area contributed by atoms with Gasteiger partial charge in [-0.3, -0.25) is 0 Å². The molecule has 16 heavy (non-hydrogen) atoms. The molecule has 0 aliphatic carbocycles. The van der Waals surface area contributed by atoms with Crippen LogP contribution >= 0.6 is 11.6 Å². The fourth-order valence-electron chi connectivity index (χ4n) is 2.12. The molecule has 0 saturated carbocycles. The minimum atomic E-state index is 0.392. The van der Waals surface area contributed by atoms with E-state index < -0.39 is 0 Å². The minimum absolute atomic E-state index is 0.392. The lowest BCUT2D eigenvalue weighted by atomic mass is 10.1. The first-order valence-corrected chi connectivity index (χ1v) is 5.98. The first-order chi connectivity index (χ1) is 7.67. The predicted molar refractivity (Wildman–Crippen MR) is 68.8 cm³/mol. The number of nitrogens with zero attached hydrogens (tertiary/aromatic N) is 2. The smallest absolute Gasteiger partial charge is 0.201 e. The molecule has 4 heteroatoms. The number of fused-ring (bicyclic) bond motifs is 1. The largest absolute Gasteiger partial charge is 0.369 e. The minimum Gasteiger partial charge on any atom is -0.369 e. The fraction of sp³-hybridized carbons (Fsp3) is 0.417. The number of nitrogen functional groups attached to an aromatic ring is 1. The van der Waals surface area contributed by atoms with Crippen LogP contribution in [0.25, 0.3) is 11.0 Å². The molecule has 0 amide bonds. The quantitative estimate of drug-likeness (QED) is 0.886. The molecule has 0 unspecified atom stereocenters. The monoisotopic (exact) mass is 237 g/mol. The molecule has 0 bridgehead atoms. The average molecular weight is 238 g/mol. The van der Waals surface area contributed by atoms with Crippen molar-refractivity contribution in [2.75, 3.05) is 5.73 Å². The van der Waals surface area contributed by atoms with E-state index in [1.807, 2.05) is 18.2 Å². The lowest BCUT2D eigenvalue weighted by Gasteiger charge is -2.16. The van der Waals surface area contributed by atoms with E-state index in [0.717, 1.165) is 28.9 Å². The third-order valence-corrected chi connectivity index (χ3v) is 3.22. The number of hydrogen-bond acceptors (Lipinski definition) is 2.